The second-order valence-electron chi connectivity index (χ2n) is 4.00. The van der Waals surface area contributed by atoms with Crippen LogP contribution >= 0.6 is 11.6 Å². The molecule has 1 aromatic rings. The van der Waals surface area contributed by atoms with E-state index in [9.17, 15) is 0 Å². The SMILES string of the molecule is COc1c(Cl)cccc1CC1CCNC1. The van der Waals surface area contributed by atoms with Crippen molar-refractivity contribution < 1.29 is 4.74 Å². The van der Waals surface area contributed by atoms with Gasteiger partial charge in [0, 0.05) is 0 Å². The Kier molecular flexibility index (Phi) is 3.49. The molecule has 1 atom stereocenters. The maximum atomic E-state index is 6.07. The van der Waals surface area contributed by atoms with Crippen LogP contribution < -0.4 is 10.1 Å². The fraction of sp³-hybridized carbons (Fsp3) is 0.500. The van der Waals surface area contributed by atoms with Crippen LogP contribution in [-0.4, -0.2) is 20.2 Å². The summed E-state index contributed by atoms with van der Waals surface area (Å²) < 4.78 is 5.33. The molecule has 2 rings (SSSR count). The summed E-state index contributed by atoms with van der Waals surface area (Å²) in [7, 11) is 1.68. The normalized spacial score (nSPS) is 20.5. The lowest BCUT2D eigenvalue weighted by Crippen LogP contribution is -2.11. The summed E-state index contributed by atoms with van der Waals surface area (Å²) in [6, 6.07) is 5.96. The van der Waals surface area contributed by atoms with Crippen LogP contribution in [0, 0.1) is 5.92 Å². The number of hydrogen-bond donors (Lipinski definition) is 1. The van der Waals surface area contributed by atoms with E-state index in [-0.39, 0.29) is 0 Å². The van der Waals surface area contributed by atoms with Gasteiger partial charge in [-0.3, -0.25) is 0 Å². The van der Waals surface area contributed by atoms with Gasteiger partial charge < -0.3 is 10.1 Å². The van der Waals surface area contributed by atoms with E-state index in [0.717, 1.165) is 31.2 Å². The minimum Gasteiger partial charge on any atom is -0.495 e. The van der Waals surface area contributed by atoms with Crippen LogP contribution in [-0.2, 0) is 6.42 Å². The molecule has 3 heteroatoms. The zero-order valence-electron chi connectivity index (χ0n) is 8.92. The Bertz CT molecular complexity index is 334. The highest BCUT2D eigenvalue weighted by molar-refractivity contribution is 6.32. The Morgan fingerprint density at radius 3 is 3.07 bits per heavy atom. The molecule has 0 saturated carbocycles. The Balaban J connectivity index is 2.15. The average molecular weight is 226 g/mol. The van der Waals surface area contributed by atoms with Gasteiger partial charge in [0.1, 0.15) is 5.75 Å². The third-order valence-corrected chi connectivity index (χ3v) is 3.22. The number of hydrogen-bond acceptors (Lipinski definition) is 2. The summed E-state index contributed by atoms with van der Waals surface area (Å²) in [5.41, 5.74) is 1.22. The zero-order chi connectivity index (χ0) is 10.7. The Hall–Kier alpha value is -0.730. The molecule has 1 heterocycles. The van der Waals surface area contributed by atoms with E-state index in [1.165, 1.54) is 12.0 Å². The van der Waals surface area contributed by atoms with Crippen molar-refractivity contribution in [2.45, 2.75) is 12.8 Å². The third kappa shape index (κ3) is 2.44. The lowest BCUT2D eigenvalue weighted by Gasteiger charge is -2.13. The van der Waals surface area contributed by atoms with E-state index in [1.807, 2.05) is 12.1 Å². The number of methoxy groups -OCH3 is 1. The van der Waals surface area contributed by atoms with Gasteiger partial charge in [-0.15, -0.1) is 0 Å². The molecule has 15 heavy (non-hydrogen) atoms. The first-order chi connectivity index (χ1) is 7.31. The number of halogens is 1. The molecule has 1 saturated heterocycles. The van der Waals surface area contributed by atoms with Gasteiger partial charge >= 0.3 is 0 Å². The molecule has 0 spiro atoms. The molecule has 0 radical (unpaired) electrons. The molecule has 1 aliphatic rings. The van der Waals surface area contributed by atoms with Crippen molar-refractivity contribution >= 4 is 11.6 Å². The highest BCUT2D eigenvalue weighted by Crippen LogP contribution is 2.30. The molecular formula is C12H16ClNO. The summed E-state index contributed by atoms with van der Waals surface area (Å²) in [4.78, 5) is 0. The van der Waals surface area contributed by atoms with Gasteiger partial charge in [-0.1, -0.05) is 23.7 Å². The molecule has 0 aromatic heterocycles. The molecule has 0 amide bonds. The van der Waals surface area contributed by atoms with Gasteiger partial charge in [0.15, 0.2) is 0 Å². The summed E-state index contributed by atoms with van der Waals surface area (Å²) in [5.74, 6) is 1.56. The molecule has 1 N–H and O–H groups in total. The summed E-state index contributed by atoms with van der Waals surface area (Å²) in [5, 5.41) is 4.08. The molecule has 1 aromatic carbocycles. The van der Waals surface area contributed by atoms with Crippen LogP contribution in [0.3, 0.4) is 0 Å². The van der Waals surface area contributed by atoms with Crippen molar-refractivity contribution in [2.75, 3.05) is 20.2 Å². The summed E-state index contributed by atoms with van der Waals surface area (Å²) in [6.07, 6.45) is 2.30. The number of nitrogens with one attached hydrogen (secondary N) is 1. The van der Waals surface area contributed by atoms with E-state index in [0.29, 0.717) is 5.02 Å². The van der Waals surface area contributed by atoms with Crippen LogP contribution in [0.4, 0.5) is 0 Å². The van der Waals surface area contributed by atoms with Gasteiger partial charge in [-0.05, 0) is 43.5 Å². The average Bonchev–Trinajstić information content (AvgIpc) is 2.71. The minimum atomic E-state index is 0.709. The first kappa shape index (κ1) is 10.8. The molecule has 0 aliphatic carbocycles. The maximum Gasteiger partial charge on any atom is 0.140 e. The molecule has 1 unspecified atom stereocenters. The lowest BCUT2D eigenvalue weighted by molar-refractivity contribution is 0.405. The van der Waals surface area contributed by atoms with Crippen LogP contribution in [0.5, 0.6) is 5.75 Å². The van der Waals surface area contributed by atoms with Crippen molar-refractivity contribution in [2.24, 2.45) is 5.92 Å². The number of benzene rings is 1. The van der Waals surface area contributed by atoms with Crippen LogP contribution in [0.15, 0.2) is 18.2 Å². The molecule has 1 aliphatic heterocycles. The quantitative estimate of drug-likeness (QED) is 0.854. The first-order valence-electron chi connectivity index (χ1n) is 5.33. The van der Waals surface area contributed by atoms with Crippen molar-refractivity contribution in [3.8, 4) is 5.75 Å². The zero-order valence-corrected chi connectivity index (χ0v) is 9.68. The van der Waals surface area contributed by atoms with E-state index >= 15 is 0 Å². The number of ether oxygens (including phenoxy) is 1. The second-order valence-corrected chi connectivity index (χ2v) is 4.40. The fourth-order valence-electron chi connectivity index (χ4n) is 2.14. The number of rotatable bonds is 3. The van der Waals surface area contributed by atoms with Gasteiger partial charge in [-0.2, -0.15) is 0 Å². The maximum absolute atomic E-state index is 6.07. The minimum absolute atomic E-state index is 0.709. The Morgan fingerprint density at radius 1 is 1.53 bits per heavy atom. The predicted octanol–water partition coefficient (Wildman–Crippen LogP) is 2.50. The Morgan fingerprint density at radius 2 is 2.40 bits per heavy atom. The lowest BCUT2D eigenvalue weighted by atomic mass is 9.98. The highest BCUT2D eigenvalue weighted by atomic mass is 35.5. The van der Waals surface area contributed by atoms with Crippen molar-refractivity contribution in [3.63, 3.8) is 0 Å². The number of para-hydroxylation sites is 1. The van der Waals surface area contributed by atoms with Crippen molar-refractivity contribution in [3.05, 3.63) is 28.8 Å². The van der Waals surface area contributed by atoms with E-state index in [1.54, 1.807) is 7.11 Å². The van der Waals surface area contributed by atoms with Crippen LogP contribution in [0.25, 0.3) is 0 Å². The monoisotopic (exact) mass is 225 g/mol. The third-order valence-electron chi connectivity index (χ3n) is 2.92. The van der Waals surface area contributed by atoms with E-state index < -0.39 is 0 Å². The van der Waals surface area contributed by atoms with Crippen molar-refractivity contribution in [1.82, 2.24) is 5.32 Å². The largest absolute Gasteiger partial charge is 0.495 e. The first-order valence-corrected chi connectivity index (χ1v) is 5.71. The molecule has 0 bridgehead atoms. The fourth-order valence-corrected chi connectivity index (χ4v) is 2.41. The van der Waals surface area contributed by atoms with Gasteiger partial charge in [0.2, 0.25) is 0 Å². The topological polar surface area (TPSA) is 21.3 Å². The van der Waals surface area contributed by atoms with Gasteiger partial charge in [-0.25, -0.2) is 0 Å². The molecule has 82 valence electrons. The summed E-state index contributed by atoms with van der Waals surface area (Å²) >= 11 is 6.07. The Labute approximate surface area is 95.6 Å². The van der Waals surface area contributed by atoms with Crippen LogP contribution in [0.1, 0.15) is 12.0 Å². The molecular weight excluding hydrogens is 210 g/mol. The standard InChI is InChI=1S/C12H16ClNO/c1-15-12-10(3-2-4-11(12)13)7-9-5-6-14-8-9/h2-4,9,14H,5-8H2,1H3. The van der Waals surface area contributed by atoms with Crippen LogP contribution in [0.2, 0.25) is 5.02 Å². The molecule has 2 nitrogen and oxygen atoms in total. The second kappa shape index (κ2) is 4.86. The van der Waals surface area contributed by atoms with Gasteiger partial charge in [0.25, 0.3) is 0 Å². The van der Waals surface area contributed by atoms with Crippen molar-refractivity contribution in [1.29, 1.82) is 0 Å². The smallest absolute Gasteiger partial charge is 0.140 e. The van der Waals surface area contributed by atoms with E-state index in [4.69, 9.17) is 16.3 Å². The predicted molar refractivity (Wildman–Crippen MR) is 62.7 cm³/mol. The summed E-state index contributed by atoms with van der Waals surface area (Å²) in [6.45, 7) is 2.24. The highest BCUT2D eigenvalue weighted by Gasteiger charge is 2.17. The van der Waals surface area contributed by atoms with Gasteiger partial charge in [0.05, 0.1) is 12.1 Å². The van der Waals surface area contributed by atoms with E-state index in [2.05, 4.69) is 11.4 Å². The molecule has 1 fully saturated rings.